The molecule has 0 aliphatic carbocycles. The van der Waals surface area contributed by atoms with E-state index in [4.69, 9.17) is 4.74 Å². The van der Waals surface area contributed by atoms with Gasteiger partial charge in [0.25, 0.3) is 17.5 Å². The van der Waals surface area contributed by atoms with Crippen LogP contribution in [0.25, 0.3) is 5.78 Å². The van der Waals surface area contributed by atoms with Crippen LogP contribution in [0.1, 0.15) is 35.4 Å². The monoisotopic (exact) mass is 348 g/mol. The van der Waals surface area contributed by atoms with Gasteiger partial charge in [-0.15, -0.1) is 5.10 Å². The molecule has 0 radical (unpaired) electrons. The molecule has 0 unspecified atom stereocenters. The molecular weight excluding hydrogens is 328 g/mol. The minimum Gasteiger partial charge on any atom is -0.450 e. The number of nitrogens with zero attached hydrogens (tertiary/aromatic N) is 4. The van der Waals surface area contributed by atoms with Crippen LogP contribution >= 0.6 is 0 Å². The fourth-order valence-electron chi connectivity index (χ4n) is 2.01. The number of rotatable bonds is 7. The first-order chi connectivity index (χ1) is 11.9. The number of esters is 1. The Morgan fingerprint density at radius 1 is 1.16 bits per heavy atom. The second-order valence-corrected chi connectivity index (χ2v) is 5.39. The predicted molar refractivity (Wildman–Crippen MR) is 86.8 cm³/mol. The molecule has 2 rings (SSSR count). The number of ether oxygens (including phenoxy) is 1. The summed E-state index contributed by atoms with van der Waals surface area (Å²) in [6.45, 7) is 5.37. The Labute approximate surface area is 144 Å². The highest BCUT2D eigenvalue weighted by molar-refractivity contribution is 5.89. The third-order valence-electron chi connectivity index (χ3n) is 3.15. The van der Waals surface area contributed by atoms with Crippen molar-refractivity contribution in [3.05, 3.63) is 23.3 Å². The molecule has 0 saturated carbocycles. The van der Waals surface area contributed by atoms with E-state index in [-0.39, 0.29) is 24.1 Å². The highest BCUT2D eigenvalue weighted by Gasteiger charge is 2.17. The van der Waals surface area contributed by atoms with Crippen molar-refractivity contribution in [1.82, 2.24) is 30.2 Å². The summed E-state index contributed by atoms with van der Waals surface area (Å²) < 4.78 is 6.27. The Hall–Kier alpha value is -3.04. The number of hydrogen-bond acceptors (Lipinski definition) is 7. The smallest absolute Gasteiger partial charge is 0.378 e. The molecule has 0 fully saturated rings. The van der Waals surface area contributed by atoms with Gasteiger partial charge in [0.15, 0.2) is 6.61 Å². The number of aryl methyl sites for hydroxylation is 2. The summed E-state index contributed by atoms with van der Waals surface area (Å²) in [6, 6.07) is 1.80. The van der Waals surface area contributed by atoms with E-state index in [0.717, 1.165) is 17.8 Å². The molecule has 0 aromatic carbocycles. The standard InChI is InChI=1S/C15H20N6O4/c1-4-5-16-11(22)7-17-12(23)8-25-14(24)13-19-15-18-9(2)6-10(3)21(15)20-13/h6H,4-5,7-8H2,1-3H3,(H,16,22)(H,17,23). The Kier molecular flexibility index (Phi) is 5.98. The third kappa shape index (κ3) is 4.96. The van der Waals surface area contributed by atoms with Gasteiger partial charge in [-0.3, -0.25) is 9.59 Å². The predicted octanol–water partition coefficient (Wildman–Crippen LogP) is -0.460. The Bertz CT molecular complexity index is 801. The van der Waals surface area contributed by atoms with Crippen LogP contribution < -0.4 is 10.6 Å². The van der Waals surface area contributed by atoms with E-state index >= 15 is 0 Å². The van der Waals surface area contributed by atoms with Gasteiger partial charge in [0.05, 0.1) is 6.54 Å². The average Bonchev–Trinajstić information content (AvgIpc) is 3.00. The van der Waals surface area contributed by atoms with Gasteiger partial charge >= 0.3 is 5.97 Å². The van der Waals surface area contributed by atoms with Crippen molar-refractivity contribution < 1.29 is 19.1 Å². The van der Waals surface area contributed by atoms with Crippen LogP contribution in [0.4, 0.5) is 0 Å². The van der Waals surface area contributed by atoms with Gasteiger partial charge in [-0.05, 0) is 26.3 Å². The Morgan fingerprint density at radius 2 is 1.92 bits per heavy atom. The molecule has 0 bridgehead atoms. The van der Waals surface area contributed by atoms with Crippen molar-refractivity contribution >= 4 is 23.6 Å². The summed E-state index contributed by atoms with van der Waals surface area (Å²) in [5.74, 6) is -1.64. The highest BCUT2D eigenvalue weighted by Crippen LogP contribution is 2.06. The number of aromatic nitrogens is 4. The van der Waals surface area contributed by atoms with Crippen molar-refractivity contribution in [3.8, 4) is 0 Å². The maximum atomic E-state index is 11.9. The fourth-order valence-corrected chi connectivity index (χ4v) is 2.01. The van der Waals surface area contributed by atoms with E-state index in [2.05, 4.69) is 25.7 Å². The van der Waals surface area contributed by atoms with Gasteiger partial charge in [0, 0.05) is 17.9 Å². The van der Waals surface area contributed by atoms with Crippen molar-refractivity contribution in [2.24, 2.45) is 0 Å². The summed E-state index contributed by atoms with van der Waals surface area (Å²) in [5.41, 5.74) is 1.52. The molecule has 0 spiro atoms. The number of nitrogens with one attached hydrogen (secondary N) is 2. The van der Waals surface area contributed by atoms with Gasteiger partial charge in [-0.25, -0.2) is 14.3 Å². The molecule has 2 aromatic rings. The molecule has 10 heteroatoms. The van der Waals surface area contributed by atoms with E-state index < -0.39 is 18.5 Å². The Morgan fingerprint density at radius 3 is 2.64 bits per heavy atom. The maximum Gasteiger partial charge on any atom is 0.378 e. The zero-order chi connectivity index (χ0) is 18.4. The highest BCUT2D eigenvalue weighted by atomic mass is 16.5. The number of amides is 2. The number of carbonyl (C=O) groups is 3. The quantitative estimate of drug-likeness (QED) is 0.648. The summed E-state index contributed by atoms with van der Waals surface area (Å²) in [4.78, 5) is 43.1. The van der Waals surface area contributed by atoms with Crippen molar-refractivity contribution in [2.45, 2.75) is 27.2 Å². The first kappa shape index (κ1) is 18.3. The lowest BCUT2D eigenvalue weighted by molar-refractivity contribution is -0.127. The second-order valence-electron chi connectivity index (χ2n) is 5.39. The van der Waals surface area contributed by atoms with Gasteiger partial charge in [-0.2, -0.15) is 4.98 Å². The van der Waals surface area contributed by atoms with E-state index in [0.29, 0.717) is 6.54 Å². The minimum atomic E-state index is -0.840. The van der Waals surface area contributed by atoms with Crippen LogP contribution in [0.2, 0.25) is 0 Å². The molecule has 0 atom stereocenters. The summed E-state index contributed by atoms with van der Waals surface area (Å²) >= 11 is 0. The number of fused-ring (bicyclic) bond motifs is 1. The largest absolute Gasteiger partial charge is 0.450 e. The normalized spacial score (nSPS) is 10.5. The topological polar surface area (TPSA) is 128 Å². The van der Waals surface area contributed by atoms with Crippen molar-refractivity contribution in [2.75, 3.05) is 19.7 Å². The van der Waals surface area contributed by atoms with Crippen LogP contribution in [-0.4, -0.2) is 57.1 Å². The van der Waals surface area contributed by atoms with Crippen LogP contribution in [0.3, 0.4) is 0 Å². The van der Waals surface area contributed by atoms with Crippen molar-refractivity contribution in [3.63, 3.8) is 0 Å². The summed E-state index contributed by atoms with van der Waals surface area (Å²) in [6.07, 6.45) is 0.803. The van der Waals surface area contributed by atoms with Crippen LogP contribution in [0, 0.1) is 13.8 Å². The second kappa shape index (κ2) is 8.18. The lowest BCUT2D eigenvalue weighted by Crippen LogP contribution is -2.39. The lowest BCUT2D eigenvalue weighted by Gasteiger charge is -2.06. The van der Waals surface area contributed by atoms with Gasteiger partial charge in [-0.1, -0.05) is 6.92 Å². The molecule has 0 aliphatic rings. The lowest BCUT2D eigenvalue weighted by atomic mass is 10.4. The summed E-state index contributed by atoms with van der Waals surface area (Å²) in [5, 5.41) is 8.98. The SMILES string of the molecule is CCCNC(=O)CNC(=O)COC(=O)c1nc2nc(C)cc(C)n2n1. The van der Waals surface area contributed by atoms with Crippen LogP contribution in [0.15, 0.2) is 6.07 Å². The molecular formula is C15H20N6O4. The van der Waals surface area contributed by atoms with E-state index in [9.17, 15) is 14.4 Å². The molecule has 25 heavy (non-hydrogen) atoms. The zero-order valence-corrected chi connectivity index (χ0v) is 14.3. The molecule has 0 aliphatic heterocycles. The first-order valence-electron chi connectivity index (χ1n) is 7.82. The summed E-state index contributed by atoms with van der Waals surface area (Å²) in [7, 11) is 0. The fraction of sp³-hybridized carbons (Fsp3) is 0.467. The molecule has 10 nitrogen and oxygen atoms in total. The third-order valence-corrected chi connectivity index (χ3v) is 3.15. The van der Waals surface area contributed by atoms with Gasteiger partial charge < -0.3 is 15.4 Å². The first-order valence-corrected chi connectivity index (χ1v) is 7.82. The van der Waals surface area contributed by atoms with Crippen LogP contribution in [-0.2, 0) is 14.3 Å². The average molecular weight is 348 g/mol. The van der Waals surface area contributed by atoms with E-state index in [1.165, 1.54) is 4.52 Å². The van der Waals surface area contributed by atoms with Crippen LogP contribution in [0.5, 0.6) is 0 Å². The maximum absolute atomic E-state index is 11.9. The Balaban J connectivity index is 1.87. The van der Waals surface area contributed by atoms with E-state index in [1.807, 2.05) is 13.8 Å². The van der Waals surface area contributed by atoms with Crippen molar-refractivity contribution in [1.29, 1.82) is 0 Å². The number of carbonyl (C=O) groups excluding carboxylic acids is 3. The van der Waals surface area contributed by atoms with Gasteiger partial charge in [0.2, 0.25) is 5.91 Å². The molecule has 2 heterocycles. The molecule has 0 saturated heterocycles. The molecule has 134 valence electrons. The molecule has 2 aromatic heterocycles. The minimum absolute atomic E-state index is 0.175. The van der Waals surface area contributed by atoms with E-state index in [1.54, 1.807) is 13.0 Å². The van der Waals surface area contributed by atoms with Gasteiger partial charge in [0.1, 0.15) is 0 Å². The zero-order valence-electron chi connectivity index (χ0n) is 14.3. The molecule has 2 amide bonds. The number of hydrogen-bond donors (Lipinski definition) is 2. The molecule has 2 N–H and O–H groups in total.